The fourth-order valence-corrected chi connectivity index (χ4v) is 11.4. The van der Waals surface area contributed by atoms with Gasteiger partial charge in [0.15, 0.2) is 6.10 Å². The van der Waals surface area contributed by atoms with Crippen LogP contribution in [0.25, 0.3) is 0 Å². The maximum atomic E-state index is 12.9. The van der Waals surface area contributed by atoms with E-state index in [1.54, 1.807) is 0 Å². The van der Waals surface area contributed by atoms with Gasteiger partial charge in [-0.25, -0.2) is 0 Å². The molecule has 488 valence electrons. The highest BCUT2D eigenvalue weighted by Gasteiger charge is 2.20. The molecular formula is C77H144O6. The van der Waals surface area contributed by atoms with Gasteiger partial charge in [0, 0.05) is 19.3 Å². The predicted octanol–water partition coefficient (Wildman–Crippen LogP) is 25.9. The van der Waals surface area contributed by atoms with Gasteiger partial charge >= 0.3 is 17.9 Å². The fourth-order valence-electron chi connectivity index (χ4n) is 11.4. The van der Waals surface area contributed by atoms with Crippen LogP contribution in [-0.2, 0) is 28.6 Å². The topological polar surface area (TPSA) is 78.9 Å². The highest BCUT2D eigenvalue weighted by Crippen LogP contribution is 2.19. The molecule has 6 nitrogen and oxygen atoms in total. The molecule has 0 aromatic heterocycles. The van der Waals surface area contributed by atoms with Gasteiger partial charge in [0.2, 0.25) is 0 Å². The molecule has 0 rings (SSSR count). The Morgan fingerprint density at radius 3 is 0.627 bits per heavy atom. The number of rotatable bonds is 70. The Bertz CT molecular complexity index is 1380. The van der Waals surface area contributed by atoms with Crippen LogP contribution in [0.2, 0.25) is 0 Å². The third kappa shape index (κ3) is 70.3. The minimum absolute atomic E-state index is 0.0717. The molecule has 0 saturated heterocycles. The van der Waals surface area contributed by atoms with E-state index < -0.39 is 6.10 Å². The fraction of sp³-hybridized carbons (Fsp3) is 0.883. The first-order chi connectivity index (χ1) is 41.0. The molecule has 0 aromatic carbocycles. The number of carbonyl (C=O) groups is 3. The van der Waals surface area contributed by atoms with Crippen molar-refractivity contribution in [1.29, 1.82) is 0 Å². The number of esters is 3. The van der Waals surface area contributed by atoms with Gasteiger partial charge in [-0.2, -0.15) is 0 Å². The average Bonchev–Trinajstić information content (AvgIpc) is 3.49. The zero-order chi connectivity index (χ0) is 59.9. The van der Waals surface area contributed by atoms with Crippen LogP contribution in [0.4, 0.5) is 0 Å². The van der Waals surface area contributed by atoms with Crippen LogP contribution in [-0.4, -0.2) is 37.2 Å². The number of hydrogen-bond donors (Lipinski definition) is 0. The van der Waals surface area contributed by atoms with Crippen molar-refractivity contribution in [3.05, 3.63) is 36.5 Å². The lowest BCUT2D eigenvalue weighted by atomic mass is 10.0. The number of carbonyl (C=O) groups excluding carboxylic acids is 3. The maximum absolute atomic E-state index is 12.9. The zero-order valence-corrected chi connectivity index (χ0v) is 56.2. The summed E-state index contributed by atoms with van der Waals surface area (Å²) in [5, 5.41) is 0. The van der Waals surface area contributed by atoms with Gasteiger partial charge in [0.1, 0.15) is 13.2 Å². The first-order valence-electron chi connectivity index (χ1n) is 37.5. The van der Waals surface area contributed by atoms with Crippen LogP contribution in [0.5, 0.6) is 0 Å². The van der Waals surface area contributed by atoms with Crippen molar-refractivity contribution in [2.24, 2.45) is 0 Å². The molecule has 0 aliphatic heterocycles. The molecule has 0 fully saturated rings. The van der Waals surface area contributed by atoms with E-state index in [0.29, 0.717) is 19.3 Å². The Morgan fingerprint density at radius 2 is 0.398 bits per heavy atom. The van der Waals surface area contributed by atoms with Gasteiger partial charge in [-0.15, -0.1) is 0 Å². The van der Waals surface area contributed by atoms with Crippen LogP contribution >= 0.6 is 0 Å². The lowest BCUT2D eigenvalue weighted by Crippen LogP contribution is -2.30. The van der Waals surface area contributed by atoms with Gasteiger partial charge in [-0.1, -0.05) is 340 Å². The summed E-state index contributed by atoms with van der Waals surface area (Å²) in [5.74, 6) is -0.858. The largest absolute Gasteiger partial charge is 0.462 e. The first kappa shape index (κ1) is 80.6. The second-order valence-electron chi connectivity index (χ2n) is 25.6. The molecule has 83 heavy (non-hydrogen) atoms. The van der Waals surface area contributed by atoms with Crippen molar-refractivity contribution in [3.8, 4) is 0 Å². The summed E-state index contributed by atoms with van der Waals surface area (Å²) in [6.07, 6.45) is 90.7. The van der Waals surface area contributed by atoms with Crippen molar-refractivity contribution < 1.29 is 28.6 Å². The van der Waals surface area contributed by atoms with Crippen LogP contribution in [0.1, 0.15) is 419 Å². The molecule has 0 radical (unpaired) electrons. The molecule has 0 N–H and O–H groups in total. The standard InChI is InChI=1S/C77H144O6/c1-4-7-10-13-16-19-22-25-27-29-31-32-33-34-35-36-37-38-39-40-41-42-43-44-45-46-47-49-50-52-55-58-61-64-67-70-76(79)82-73-74(72-81-75(78)69-66-63-60-57-54-24-21-18-15-12-9-6-3)83-77(80)71-68-65-62-59-56-53-51-48-30-28-26-23-20-17-14-11-8-5-2/h18,21,28-31,74H,4-17,19-20,22-27,32-73H2,1-3H3/b21-18-,30-28-,31-29-. The third-order valence-electron chi connectivity index (χ3n) is 17.1. The molecule has 0 spiro atoms. The van der Waals surface area contributed by atoms with Crippen LogP contribution in [0, 0.1) is 0 Å². The Kier molecular flexibility index (Phi) is 70.0. The second kappa shape index (κ2) is 72.1. The highest BCUT2D eigenvalue weighted by molar-refractivity contribution is 5.71. The lowest BCUT2D eigenvalue weighted by molar-refractivity contribution is -0.167. The quantitative estimate of drug-likeness (QED) is 0.0261. The first-order valence-corrected chi connectivity index (χ1v) is 37.5. The van der Waals surface area contributed by atoms with Crippen LogP contribution < -0.4 is 0 Å². The summed E-state index contributed by atoms with van der Waals surface area (Å²) in [4.78, 5) is 38.4. The second-order valence-corrected chi connectivity index (χ2v) is 25.6. The van der Waals surface area contributed by atoms with E-state index >= 15 is 0 Å². The van der Waals surface area contributed by atoms with Crippen molar-refractivity contribution in [2.75, 3.05) is 13.2 Å². The SMILES string of the molecule is CCCCC/C=C\CCCCCCCC(=O)OCC(COC(=O)CCCCCCCCCCCCCCCCCCCCCCCCC/C=C\CCCCCCCCCC)OC(=O)CCCCCCCCC/C=C\CCCCCCCCC. The molecule has 0 amide bonds. The molecule has 1 unspecified atom stereocenters. The predicted molar refractivity (Wildman–Crippen MR) is 362 cm³/mol. The molecule has 0 aromatic rings. The van der Waals surface area contributed by atoms with Gasteiger partial charge in [-0.05, 0) is 96.3 Å². The third-order valence-corrected chi connectivity index (χ3v) is 17.1. The summed E-state index contributed by atoms with van der Waals surface area (Å²) in [6.45, 7) is 6.67. The molecular weight excluding hydrogens is 1020 g/mol. The summed E-state index contributed by atoms with van der Waals surface area (Å²) in [6, 6.07) is 0. The summed E-state index contributed by atoms with van der Waals surface area (Å²) in [5.41, 5.74) is 0. The zero-order valence-electron chi connectivity index (χ0n) is 56.2. The molecule has 0 heterocycles. The molecule has 0 aliphatic carbocycles. The van der Waals surface area contributed by atoms with E-state index in [2.05, 4.69) is 57.2 Å². The van der Waals surface area contributed by atoms with E-state index in [1.165, 1.54) is 315 Å². The van der Waals surface area contributed by atoms with Crippen molar-refractivity contribution in [1.82, 2.24) is 0 Å². The summed E-state index contributed by atoms with van der Waals surface area (Å²) >= 11 is 0. The van der Waals surface area contributed by atoms with Gasteiger partial charge in [0.05, 0.1) is 0 Å². The summed E-state index contributed by atoms with van der Waals surface area (Å²) < 4.78 is 17.0. The minimum Gasteiger partial charge on any atom is -0.462 e. The molecule has 1 atom stereocenters. The molecule has 6 heteroatoms. The average molecular weight is 1170 g/mol. The van der Waals surface area contributed by atoms with Gasteiger partial charge < -0.3 is 14.2 Å². The Balaban J connectivity index is 4.06. The van der Waals surface area contributed by atoms with Crippen LogP contribution in [0.3, 0.4) is 0 Å². The van der Waals surface area contributed by atoms with E-state index in [0.717, 1.165) is 64.2 Å². The normalized spacial score (nSPS) is 12.2. The Labute approximate surface area is 518 Å². The lowest BCUT2D eigenvalue weighted by Gasteiger charge is -2.18. The van der Waals surface area contributed by atoms with E-state index in [-0.39, 0.29) is 31.1 Å². The van der Waals surface area contributed by atoms with Gasteiger partial charge in [0.25, 0.3) is 0 Å². The number of allylic oxidation sites excluding steroid dienone is 6. The van der Waals surface area contributed by atoms with Crippen molar-refractivity contribution in [3.63, 3.8) is 0 Å². The van der Waals surface area contributed by atoms with Crippen molar-refractivity contribution >= 4 is 17.9 Å². The van der Waals surface area contributed by atoms with Gasteiger partial charge in [-0.3, -0.25) is 14.4 Å². The number of unbranched alkanes of at least 4 members (excludes halogenated alkanes) is 53. The van der Waals surface area contributed by atoms with Crippen molar-refractivity contribution in [2.45, 2.75) is 425 Å². The van der Waals surface area contributed by atoms with Crippen LogP contribution in [0.15, 0.2) is 36.5 Å². The maximum Gasteiger partial charge on any atom is 0.306 e. The Morgan fingerprint density at radius 1 is 0.229 bits per heavy atom. The molecule has 0 bridgehead atoms. The molecule has 0 saturated carbocycles. The minimum atomic E-state index is -0.776. The Hall–Kier alpha value is -2.37. The smallest absolute Gasteiger partial charge is 0.306 e. The van der Waals surface area contributed by atoms with E-state index in [9.17, 15) is 14.4 Å². The van der Waals surface area contributed by atoms with E-state index in [4.69, 9.17) is 14.2 Å². The highest BCUT2D eigenvalue weighted by atomic mass is 16.6. The monoisotopic (exact) mass is 1170 g/mol. The number of ether oxygens (including phenoxy) is 3. The molecule has 0 aliphatic rings. The van der Waals surface area contributed by atoms with E-state index in [1.807, 2.05) is 0 Å². The number of hydrogen-bond acceptors (Lipinski definition) is 6. The summed E-state index contributed by atoms with van der Waals surface area (Å²) in [7, 11) is 0.